The molecule has 20 heavy (non-hydrogen) atoms. The number of rotatable bonds is 2. The van der Waals surface area contributed by atoms with Crippen LogP contribution in [-0.4, -0.2) is 18.3 Å². The summed E-state index contributed by atoms with van der Waals surface area (Å²) in [5, 5.41) is 4.97. The number of anilines is 2. The van der Waals surface area contributed by atoms with Crippen molar-refractivity contribution in [3.05, 3.63) is 53.5 Å². The highest BCUT2D eigenvalue weighted by atomic mass is 32.1. The molecule has 0 atom stereocenters. The van der Waals surface area contributed by atoms with E-state index < -0.39 is 0 Å². The lowest BCUT2D eigenvalue weighted by atomic mass is 10.2. The molecule has 0 aliphatic rings. The summed E-state index contributed by atoms with van der Waals surface area (Å²) in [7, 11) is 1.91. The molecule has 0 aliphatic heterocycles. The van der Waals surface area contributed by atoms with E-state index in [1.54, 1.807) is 12.1 Å². The molecule has 3 rings (SSSR count). The largest absolute Gasteiger partial charge is 0.391 e. The molecule has 2 heterocycles. The zero-order chi connectivity index (χ0) is 14.4. The van der Waals surface area contributed by atoms with Gasteiger partial charge in [0.2, 0.25) is 0 Å². The lowest BCUT2D eigenvalue weighted by molar-refractivity contribution is 0.112. The minimum absolute atomic E-state index is 0.683. The number of aromatic nitrogens is 1. The molecule has 0 radical (unpaired) electrons. The van der Waals surface area contributed by atoms with Crippen LogP contribution in [-0.2, 0) is 0 Å². The minimum atomic E-state index is 0.683. The number of nitrogens with one attached hydrogen (secondary N) is 1. The van der Waals surface area contributed by atoms with Gasteiger partial charge in [0.1, 0.15) is 0 Å². The van der Waals surface area contributed by atoms with Gasteiger partial charge in [-0.25, -0.2) is 0 Å². The van der Waals surface area contributed by atoms with Crippen LogP contribution >= 0.6 is 11.3 Å². The molecule has 3 aromatic rings. The third-order valence-electron chi connectivity index (χ3n) is 2.67. The van der Waals surface area contributed by atoms with E-state index in [4.69, 9.17) is 5.73 Å². The molecule has 4 nitrogen and oxygen atoms in total. The van der Waals surface area contributed by atoms with Crippen LogP contribution in [0.1, 0.15) is 9.67 Å². The van der Waals surface area contributed by atoms with Crippen LogP contribution in [0.25, 0.3) is 10.9 Å². The van der Waals surface area contributed by atoms with Gasteiger partial charge in [-0.2, -0.15) is 0 Å². The van der Waals surface area contributed by atoms with Crippen molar-refractivity contribution in [2.24, 2.45) is 0 Å². The van der Waals surface area contributed by atoms with Gasteiger partial charge >= 0.3 is 0 Å². The van der Waals surface area contributed by atoms with Gasteiger partial charge < -0.3 is 11.1 Å². The summed E-state index contributed by atoms with van der Waals surface area (Å²) in [6.45, 7) is 0. The second-order valence-electron chi connectivity index (χ2n) is 3.99. The number of aldehydes is 1. The van der Waals surface area contributed by atoms with Gasteiger partial charge in [-0.3, -0.25) is 9.78 Å². The van der Waals surface area contributed by atoms with E-state index in [-0.39, 0.29) is 0 Å². The van der Waals surface area contributed by atoms with Crippen molar-refractivity contribution < 1.29 is 4.79 Å². The van der Waals surface area contributed by atoms with Gasteiger partial charge in [0.05, 0.1) is 21.1 Å². The highest BCUT2D eigenvalue weighted by Gasteiger charge is 1.96. The molecule has 1 aromatic carbocycles. The third kappa shape index (κ3) is 3.33. The predicted octanol–water partition coefficient (Wildman–Crippen LogP) is 3.42. The normalized spacial score (nSPS) is 9.65. The van der Waals surface area contributed by atoms with Crippen molar-refractivity contribution >= 4 is 39.2 Å². The molecule has 0 aliphatic carbocycles. The average Bonchev–Trinajstić information content (AvgIpc) is 2.93. The monoisotopic (exact) mass is 285 g/mol. The number of nitrogens with zero attached hydrogens (tertiary/aromatic N) is 1. The average molecular weight is 285 g/mol. The number of para-hydroxylation sites is 1. The molecule has 0 bridgehead atoms. The number of hydrogen-bond donors (Lipinski definition) is 2. The van der Waals surface area contributed by atoms with E-state index in [1.807, 2.05) is 31.4 Å². The number of hydrogen-bond acceptors (Lipinski definition) is 5. The first-order valence-electron chi connectivity index (χ1n) is 6.06. The summed E-state index contributed by atoms with van der Waals surface area (Å²) in [5.74, 6) is 0. The number of benzene rings is 1. The first-order valence-corrected chi connectivity index (χ1v) is 6.88. The topological polar surface area (TPSA) is 68.0 Å². The molecule has 0 amide bonds. The second kappa shape index (κ2) is 6.68. The molecular formula is C15H15N3OS. The van der Waals surface area contributed by atoms with Crippen LogP contribution in [0.2, 0.25) is 0 Å². The van der Waals surface area contributed by atoms with Gasteiger partial charge in [-0.05, 0) is 24.3 Å². The van der Waals surface area contributed by atoms with Gasteiger partial charge in [0, 0.05) is 18.6 Å². The Hall–Kier alpha value is -2.40. The van der Waals surface area contributed by atoms with E-state index in [1.165, 1.54) is 16.7 Å². The van der Waals surface area contributed by atoms with Crippen LogP contribution in [0.3, 0.4) is 0 Å². The SMILES string of the molecule is CNc1cccc2cccnc12.Nc1ccc(C=O)s1. The third-order valence-corrected chi connectivity index (χ3v) is 3.51. The van der Waals surface area contributed by atoms with Crippen molar-refractivity contribution in [1.82, 2.24) is 4.98 Å². The maximum atomic E-state index is 9.97. The van der Waals surface area contributed by atoms with Crippen molar-refractivity contribution in [2.75, 3.05) is 18.1 Å². The molecule has 0 saturated carbocycles. The summed E-state index contributed by atoms with van der Waals surface area (Å²) >= 11 is 1.30. The number of carbonyl (C=O) groups excluding carboxylic acids is 1. The zero-order valence-corrected chi connectivity index (χ0v) is 11.9. The van der Waals surface area contributed by atoms with E-state index in [0.29, 0.717) is 9.88 Å². The number of nitrogen functional groups attached to an aromatic ring is 1. The Balaban J connectivity index is 0.000000160. The van der Waals surface area contributed by atoms with E-state index >= 15 is 0 Å². The maximum absolute atomic E-state index is 9.97. The fourth-order valence-electron chi connectivity index (χ4n) is 1.74. The summed E-state index contributed by atoms with van der Waals surface area (Å²) < 4.78 is 0. The van der Waals surface area contributed by atoms with Crippen LogP contribution in [0.15, 0.2) is 48.7 Å². The Morgan fingerprint density at radius 3 is 2.60 bits per heavy atom. The van der Waals surface area contributed by atoms with E-state index in [9.17, 15) is 4.79 Å². The first kappa shape index (κ1) is 14.0. The van der Waals surface area contributed by atoms with Crippen LogP contribution in [0, 0.1) is 0 Å². The summed E-state index contributed by atoms with van der Waals surface area (Å²) in [6.07, 6.45) is 2.60. The minimum Gasteiger partial charge on any atom is -0.391 e. The number of pyridine rings is 1. The summed E-state index contributed by atoms with van der Waals surface area (Å²) in [4.78, 5) is 14.9. The van der Waals surface area contributed by atoms with Gasteiger partial charge in [-0.1, -0.05) is 18.2 Å². The Labute approximate surface area is 121 Å². The Bertz CT molecular complexity index is 704. The lowest BCUT2D eigenvalue weighted by Gasteiger charge is -2.02. The van der Waals surface area contributed by atoms with Gasteiger partial charge in [-0.15, -0.1) is 11.3 Å². The Morgan fingerprint density at radius 2 is 2.00 bits per heavy atom. The Kier molecular flexibility index (Phi) is 4.68. The summed E-state index contributed by atoms with van der Waals surface area (Å²) in [6, 6.07) is 13.5. The fraction of sp³-hybridized carbons (Fsp3) is 0.0667. The van der Waals surface area contributed by atoms with Gasteiger partial charge in [0.25, 0.3) is 0 Å². The first-order chi connectivity index (χ1) is 9.74. The fourth-order valence-corrected chi connectivity index (χ4v) is 2.33. The molecule has 2 aromatic heterocycles. The lowest BCUT2D eigenvalue weighted by Crippen LogP contribution is -1.90. The van der Waals surface area contributed by atoms with Crippen molar-refractivity contribution in [3.8, 4) is 0 Å². The van der Waals surface area contributed by atoms with E-state index in [0.717, 1.165) is 17.5 Å². The molecule has 3 N–H and O–H groups in total. The number of nitrogens with two attached hydrogens (primary N) is 1. The van der Waals surface area contributed by atoms with Gasteiger partial charge in [0.15, 0.2) is 6.29 Å². The molecule has 0 unspecified atom stereocenters. The molecule has 0 fully saturated rings. The molecule has 0 saturated heterocycles. The molecular weight excluding hydrogens is 270 g/mol. The maximum Gasteiger partial charge on any atom is 0.160 e. The quantitative estimate of drug-likeness (QED) is 0.708. The standard InChI is InChI=1S/C10H10N2.C5H5NOS/c1-11-9-6-2-4-8-5-3-7-12-10(8)9;6-5-2-1-4(3-7)8-5/h2-7,11H,1H3;1-3H,6H2. The van der Waals surface area contributed by atoms with E-state index in [2.05, 4.69) is 22.4 Å². The molecule has 102 valence electrons. The smallest absolute Gasteiger partial charge is 0.160 e. The molecule has 5 heteroatoms. The Morgan fingerprint density at radius 1 is 1.20 bits per heavy atom. The molecule has 0 spiro atoms. The highest BCUT2D eigenvalue weighted by molar-refractivity contribution is 7.17. The predicted molar refractivity (Wildman–Crippen MR) is 85.4 cm³/mol. The zero-order valence-electron chi connectivity index (χ0n) is 11.0. The van der Waals surface area contributed by atoms with Crippen LogP contribution in [0.5, 0.6) is 0 Å². The van der Waals surface area contributed by atoms with Crippen LogP contribution in [0.4, 0.5) is 10.7 Å². The van der Waals surface area contributed by atoms with Crippen molar-refractivity contribution in [3.63, 3.8) is 0 Å². The van der Waals surface area contributed by atoms with Crippen LogP contribution < -0.4 is 11.1 Å². The second-order valence-corrected chi connectivity index (χ2v) is 5.14. The van der Waals surface area contributed by atoms with Crippen molar-refractivity contribution in [1.29, 1.82) is 0 Å². The van der Waals surface area contributed by atoms with Crippen molar-refractivity contribution in [2.45, 2.75) is 0 Å². The number of fused-ring (bicyclic) bond motifs is 1. The number of thiophene rings is 1. The highest BCUT2D eigenvalue weighted by Crippen LogP contribution is 2.19. The summed E-state index contributed by atoms with van der Waals surface area (Å²) in [5.41, 5.74) is 7.42. The number of carbonyl (C=O) groups is 1.